The van der Waals surface area contributed by atoms with Crippen molar-refractivity contribution in [1.82, 2.24) is 4.90 Å². The van der Waals surface area contributed by atoms with Crippen molar-refractivity contribution in [2.75, 3.05) is 26.6 Å². The Morgan fingerprint density at radius 3 is 2.81 bits per heavy atom. The summed E-state index contributed by atoms with van der Waals surface area (Å²) in [5, 5.41) is 0. The molecule has 0 aliphatic carbocycles. The predicted molar refractivity (Wildman–Crippen MR) is 69.3 cm³/mol. The third-order valence-corrected chi connectivity index (χ3v) is 2.78. The van der Waals surface area contributed by atoms with Crippen molar-refractivity contribution in [3.8, 4) is 5.75 Å². The van der Waals surface area contributed by atoms with Crippen molar-refractivity contribution in [1.29, 1.82) is 0 Å². The van der Waals surface area contributed by atoms with E-state index >= 15 is 0 Å². The lowest BCUT2D eigenvalue weighted by atomic mass is 10.2. The summed E-state index contributed by atoms with van der Waals surface area (Å²) >= 11 is 5.65. The van der Waals surface area contributed by atoms with Crippen LogP contribution in [-0.4, -0.2) is 31.5 Å². The van der Waals surface area contributed by atoms with E-state index in [1.54, 1.807) is 7.11 Å². The van der Waals surface area contributed by atoms with Crippen LogP contribution in [0.4, 0.5) is 0 Å². The number of unbranched alkanes of at least 4 members (excludes halogenated alkanes) is 1. The molecule has 0 saturated carbocycles. The minimum absolute atomic E-state index is 0.757. The molecule has 1 aromatic rings. The maximum atomic E-state index is 5.65. The maximum absolute atomic E-state index is 5.65. The third-order valence-electron chi connectivity index (χ3n) is 2.51. The van der Waals surface area contributed by atoms with Crippen LogP contribution in [0, 0.1) is 0 Å². The smallest absolute Gasteiger partial charge is 0.119 e. The molecule has 0 aliphatic rings. The van der Waals surface area contributed by atoms with E-state index in [0.717, 1.165) is 37.6 Å². The molecule has 2 nitrogen and oxygen atoms in total. The minimum atomic E-state index is 0.757. The molecule has 0 aliphatic heterocycles. The first-order valence-corrected chi connectivity index (χ1v) is 6.17. The standard InChI is InChI=1S/C13H20ClNO/c1-15(9-4-3-8-14)11-12-6-5-7-13(10-12)16-2/h5-7,10H,3-4,8-9,11H2,1-2H3. The summed E-state index contributed by atoms with van der Waals surface area (Å²) in [6.45, 7) is 2.05. The number of hydrogen-bond donors (Lipinski definition) is 0. The molecule has 1 rings (SSSR count). The Labute approximate surface area is 103 Å². The number of benzene rings is 1. The highest BCUT2D eigenvalue weighted by Crippen LogP contribution is 2.13. The average molecular weight is 242 g/mol. The molecular formula is C13H20ClNO. The highest BCUT2D eigenvalue weighted by Gasteiger charge is 2.01. The van der Waals surface area contributed by atoms with E-state index in [0.29, 0.717) is 0 Å². The number of rotatable bonds is 7. The van der Waals surface area contributed by atoms with Crippen LogP contribution < -0.4 is 4.74 Å². The molecule has 1 aromatic carbocycles. The van der Waals surface area contributed by atoms with Crippen LogP contribution in [0.25, 0.3) is 0 Å². The van der Waals surface area contributed by atoms with E-state index < -0.39 is 0 Å². The Kier molecular flexibility index (Phi) is 6.27. The van der Waals surface area contributed by atoms with E-state index in [1.807, 2.05) is 12.1 Å². The normalized spacial score (nSPS) is 10.8. The molecule has 0 fully saturated rings. The Morgan fingerprint density at radius 2 is 2.12 bits per heavy atom. The molecule has 0 aromatic heterocycles. The second-order valence-corrected chi connectivity index (χ2v) is 4.36. The summed E-state index contributed by atoms with van der Waals surface area (Å²) in [7, 11) is 3.83. The van der Waals surface area contributed by atoms with E-state index in [-0.39, 0.29) is 0 Å². The molecule has 0 spiro atoms. The van der Waals surface area contributed by atoms with Crippen molar-refractivity contribution in [3.63, 3.8) is 0 Å². The lowest BCUT2D eigenvalue weighted by Gasteiger charge is -2.16. The molecule has 3 heteroatoms. The summed E-state index contributed by atoms with van der Waals surface area (Å²) in [4.78, 5) is 2.31. The number of alkyl halides is 1. The van der Waals surface area contributed by atoms with Crippen molar-refractivity contribution >= 4 is 11.6 Å². The van der Waals surface area contributed by atoms with Gasteiger partial charge in [-0.25, -0.2) is 0 Å². The minimum Gasteiger partial charge on any atom is -0.497 e. The molecule has 0 radical (unpaired) electrons. The van der Waals surface area contributed by atoms with Gasteiger partial charge in [-0.3, -0.25) is 0 Å². The van der Waals surface area contributed by atoms with Crippen LogP contribution in [-0.2, 0) is 6.54 Å². The highest BCUT2D eigenvalue weighted by molar-refractivity contribution is 6.17. The van der Waals surface area contributed by atoms with Gasteiger partial charge in [0.25, 0.3) is 0 Å². The topological polar surface area (TPSA) is 12.5 Å². The van der Waals surface area contributed by atoms with Gasteiger partial charge in [0.05, 0.1) is 7.11 Å². The Morgan fingerprint density at radius 1 is 1.31 bits per heavy atom. The molecule has 0 unspecified atom stereocenters. The lowest BCUT2D eigenvalue weighted by Crippen LogP contribution is -2.19. The van der Waals surface area contributed by atoms with Crippen molar-refractivity contribution in [3.05, 3.63) is 29.8 Å². The summed E-state index contributed by atoms with van der Waals surface area (Å²) in [6, 6.07) is 8.20. The molecule has 0 bridgehead atoms. The van der Waals surface area contributed by atoms with Crippen LogP contribution in [0.3, 0.4) is 0 Å². The fraction of sp³-hybridized carbons (Fsp3) is 0.538. The monoisotopic (exact) mass is 241 g/mol. The van der Waals surface area contributed by atoms with Gasteiger partial charge in [0.2, 0.25) is 0 Å². The van der Waals surface area contributed by atoms with Gasteiger partial charge in [0.15, 0.2) is 0 Å². The van der Waals surface area contributed by atoms with Crippen molar-refractivity contribution < 1.29 is 4.74 Å². The number of methoxy groups -OCH3 is 1. The van der Waals surface area contributed by atoms with Crippen molar-refractivity contribution in [2.45, 2.75) is 19.4 Å². The second kappa shape index (κ2) is 7.53. The van der Waals surface area contributed by atoms with Crippen LogP contribution in [0.1, 0.15) is 18.4 Å². The van der Waals surface area contributed by atoms with Crippen LogP contribution in [0.5, 0.6) is 5.75 Å². The van der Waals surface area contributed by atoms with E-state index in [9.17, 15) is 0 Å². The van der Waals surface area contributed by atoms with Crippen LogP contribution in [0.2, 0.25) is 0 Å². The Balaban J connectivity index is 2.39. The molecule has 90 valence electrons. The molecule has 0 saturated heterocycles. The first-order valence-electron chi connectivity index (χ1n) is 5.63. The van der Waals surface area contributed by atoms with E-state index in [4.69, 9.17) is 16.3 Å². The summed E-state index contributed by atoms with van der Waals surface area (Å²) < 4.78 is 5.20. The number of halogens is 1. The van der Waals surface area contributed by atoms with Crippen LogP contribution >= 0.6 is 11.6 Å². The van der Waals surface area contributed by atoms with Crippen molar-refractivity contribution in [2.24, 2.45) is 0 Å². The van der Waals surface area contributed by atoms with Gasteiger partial charge in [-0.15, -0.1) is 11.6 Å². The van der Waals surface area contributed by atoms with E-state index in [2.05, 4.69) is 24.1 Å². The van der Waals surface area contributed by atoms with Gasteiger partial charge in [-0.2, -0.15) is 0 Å². The number of hydrogen-bond acceptors (Lipinski definition) is 2. The van der Waals surface area contributed by atoms with Gasteiger partial charge in [0.1, 0.15) is 5.75 Å². The maximum Gasteiger partial charge on any atom is 0.119 e. The first-order chi connectivity index (χ1) is 7.76. The fourth-order valence-corrected chi connectivity index (χ4v) is 1.83. The number of nitrogens with zero attached hydrogens (tertiary/aromatic N) is 1. The summed E-state index contributed by atoms with van der Waals surface area (Å²) in [5.41, 5.74) is 1.28. The quantitative estimate of drug-likeness (QED) is 0.537. The van der Waals surface area contributed by atoms with Gasteiger partial charge < -0.3 is 9.64 Å². The number of ether oxygens (including phenoxy) is 1. The summed E-state index contributed by atoms with van der Waals surface area (Å²) in [5.74, 6) is 1.68. The zero-order valence-electron chi connectivity index (χ0n) is 10.1. The molecule has 0 atom stereocenters. The molecule has 16 heavy (non-hydrogen) atoms. The van der Waals surface area contributed by atoms with Crippen LogP contribution in [0.15, 0.2) is 24.3 Å². The van der Waals surface area contributed by atoms with Gasteiger partial charge >= 0.3 is 0 Å². The second-order valence-electron chi connectivity index (χ2n) is 3.99. The van der Waals surface area contributed by atoms with Gasteiger partial charge in [0, 0.05) is 12.4 Å². The molecule has 0 N–H and O–H groups in total. The summed E-state index contributed by atoms with van der Waals surface area (Å²) in [6.07, 6.45) is 2.24. The zero-order valence-corrected chi connectivity index (χ0v) is 10.8. The lowest BCUT2D eigenvalue weighted by molar-refractivity contribution is 0.320. The van der Waals surface area contributed by atoms with Gasteiger partial charge in [-0.1, -0.05) is 12.1 Å². The first kappa shape index (κ1) is 13.3. The zero-order chi connectivity index (χ0) is 11.8. The predicted octanol–water partition coefficient (Wildman–Crippen LogP) is 3.15. The average Bonchev–Trinajstić information content (AvgIpc) is 2.29. The molecule has 0 amide bonds. The fourth-order valence-electron chi connectivity index (χ4n) is 1.64. The molecular weight excluding hydrogens is 222 g/mol. The van der Waals surface area contributed by atoms with Gasteiger partial charge in [-0.05, 0) is 44.1 Å². The van der Waals surface area contributed by atoms with E-state index in [1.165, 1.54) is 5.56 Å². The SMILES string of the molecule is COc1cccc(CN(C)CCCCCl)c1. The third kappa shape index (κ3) is 4.86. The largest absolute Gasteiger partial charge is 0.497 e. The Hall–Kier alpha value is -0.730. The molecule has 0 heterocycles. The highest BCUT2D eigenvalue weighted by atomic mass is 35.5. The Bertz CT molecular complexity index is 304.